The van der Waals surface area contributed by atoms with Crippen LogP contribution in [0.5, 0.6) is 0 Å². The van der Waals surface area contributed by atoms with Crippen molar-refractivity contribution >= 4 is 28.9 Å². The van der Waals surface area contributed by atoms with Crippen molar-refractivity contribution in [2.45, 2.75) is 168 Å². The van der Waals surface area contributed by atoms with E-state index in [1.165, 1.54) is 5.56 Å². The number of Topliss-reactive ketones (excluding diaryl/α,β-unsaturated/α-hetero) is 2. The molecule has 10 rings (SSSR count). The zero-order valence-corrected chi connectivity index (χ0v) is 40.6. The maximum Gasteiger partial charge on any atom is 0.160 e. The zero-order valence-electron chi connectivity index (χ0n) is 40.6. The first kappa shape index (κ1) is 45.4. The fourth-order valence-electron chi connectivity index (χ4n) is 16.3. The highest BCUT2D eigenvalue weighted by molar-refractivity contribution is 6.02. The summed E-state index contributed by atoms with van der Waals surface area (Å²) in [5.41, 5.74) is 6.30. The third-order valence-corrected chi connectivity index (χ3v) is 19.8. The van der Waals surface area contributed by atoms with Crippen molar-refractivity contribution in [3.63, 3.8) is 0 Å². The van der Waals surface area contributed by atoms with Crippen molar-refractivity contribution in [1.82, 2.24) is 14.9 Å². The van der Waals surface area contributed by atoms with Crippen molar-refractivity contribution < 1.29 is 34.1 Å². The van der Waals surface area contributed by atoms with Gasteiger partial charge in [-0.1, -0.05) is 58.4 Å². The topological polar surface area (TPSA) is 146 Å². The van der Waals surface area contributed by atoms with E-state index in [-0.39, 0.29) is 29.1 Å². The van der Waals surface area contributed by atoms with Crippen molar-refractivity contribution in [2.24, 2.45) is 44.8 Å². The number of ether oxygens (including phenoxy) is 2. The number of fused-ring (bicyclic) bond motifs is 4. The Morgan fingerprint density at radius 1 is 1.00 bits per heavy atom. The molecule has 10 heteroatoms. The molecule has 65 heavy (non-hydrogen) atoms. The summed E-state index contributed by atoms with van der Waals surface area (Å²) in [6.07, 6.45) is 11.1. The molecular weight excluding hydrogens is 815 g/mol. The number of hydrogen-bond acceptors (Lipinski definition) is 8. The molecule has 0 amide bonds. The Morgan fingerprint density at radius 3 is 2.43 bits per heavy atom. The number of H-pyrrole nitrogens is 1. The Kier molecular flexibility index (Phi) is 10.9. The van der Waals surface area contributed by atoms with Crippen molar-refractivity contribution in [3.05, 3.63) is 69.6 Å². The molecule has 0 bridgehead atoms. The summed E-state index contributed by atoms with van der Waals surface area (Å²) >= 11 is 0. The Bertz CT molecular complexity index is 2460. The second-order valence-electron chi connectivity index (χ2n) is 23.9. The summed E-state index contributed by atoms with van der Waals surface area (Å²) in [4.78, 5) is 46.7. The molecule has 352 valence electrons. The van der Waals surface area contributed by atoms with Crippen LogP contribution in [0.2, 0.25) is 0 Å². The Labute approximate surface area is 386 Å². The average Bonchev–Trinajstić information content (AvgIpc) is 3.51. The SMILES string of the molecule is CNCCC1(C)C(=O)CCC2(C)C1CCC1(C)C2C(O)C2Cn3cc(C(C=O)c4cc(C)cc(C5CCOCC5)c4)c4[nH]cc(c43)CCC(C)(CC(O)C3OC3(C)C)C3=C2C1(C)CC3=O. The Hall–Kier alpha value is -3.41. The summed E-state index contributed by atoms with van der Waals surface area (Å²) in [6, 6.07) is 6.66. The van der Waals surface area contributed by atoms with Crippen molar-refractivity contribution in [3.8, 4) is 0 Å². The van der Waals surface area contributed by atoms with E-state index >= 15 is 4.79 Å². The van der Waals surface area contributed by atoms with Gasteiger partial charge in [0.15, 0.2) is 5.78 Å². The molecule has 3 saturated carbocycles. The van der Waals surface area contributed by atoms with Crippen LogP contribution in [0.3, 0.4) is 0 Å². The number of aryl methyl sites for hydroxylation is 2. The van der Waals surface area contributed by atoms with Crippen molar-refractivity contribution in [2.75, 3.05) is 26.8 Å². The smallest absolute Gasteiger partial charge is 0.160 e. The van der Waals surface area contributed by atoms with Gasteiger partial charge in [-0.2, -0.15) is 0 Å². The molecule has 0 radical (unpaired) electrons. The van der Waals surface area contributed by atoms with Crippen LogP contribution in [0.4, 0.5) is 0 Å². The van der Waals surface area contributed by atoms with Gasteiger partial charge in [-0.15, -0.1) is 0 Å². The van der Waals surface area contributed by atoms with Crippen LogP contribution in [0, 0.1) is 51.8 Å². The van der Waals surface area contributed by atoms with Crippen molar-refractivity contribution in [1.29, 1.82) is 0 Å². The van der Waals surface area contributed by atoms with E-state index in [1.807, 2.05) is 20.9 Å². The number of aldehydes is 1. The maximum absolute atomic E-state index is 15.4. The molecular formula is C55H75N3O7. The van der Waals surface area contributed by atoms with Crippen LogP contribution in [-0.4, -0.2) is 88.3 Å². The molecule has 0 spiro atoms. The first-order valence-corrected chi connectivity index (χ1v) is 25.1. The number of ketones is 2. The Morgan fingerprint density at radius 2 is 1.74 bits per heavy atom. The van der Waals surface area contributed by atoms with Gasteiger partial charge in [0.1, 0.15) is 18.2 Å². The van der Waals surface area contributed by atoms with E-state index in [0.29, 0.717) is 50.4 Å². The second kappa shape index (κ2) is 15.6. The van der Waals surface area contributed by atoms with E-state index in [1.54, 1.807) is 0 Å². The maximum atomic E-state index is 15.4. The van der Waals surface area contributed by atoms with Gasteiger partial charge in [0, 0.05) is 72.9 Å². The van der Waals surface area contributed by atoms with Crippen LogP contribution in [-0.2, 0) is 36.8 Å². The largest absolute Gasteiger partial charge is 0.392 e. The third kappa shape index (κ3) is 6.67. The van der Waals surface area contributed by atoms with Gasteiger partial charge in [-0.25, -0.2) is 0 Å². The minimum Gasteiger partial charge on any atom is -0.392 e. The first-order valence-electron chi connectivity index (χ1n) is 25.1. The molecule has 2 aromatic heterocycles. The number of aromatic nitrogens is 2. The molecule has 4 aliphatic carbocycles. The number of benzene rings is 1. The molecule has 5 heterocycles. The average molecular weight is 890 g/mol. The third-order valence-electron chi connectivity index (χ3n) is 19.8. The van der Waals surface area contributed by atoms with Gasteiger partial charge in [-0.3, -0.25) is 9.59 Å². The highest BCUT2D eigenvalue weighted by Gasteiger charge is 2.73. The van der Waals surface area contributed by atoms with E-state index in [9.17, 15) is 19.8 Å². The van der Waals surface area contributed by atoms with Gasteiger partial charge in [0.05, 0.1) is 34.8 Å². The lowest BCUT2D eigenvalue weighted by molar-refractivity contribution is -0.222. The van der Waals surface area contributed by atoms with Gasteiger partial charge in [0.25, 0.3) is 0 Å². The molecule has 1 aromatic carbocycles. The number of hydrogen-bond donors (Lipinski definition) is 4. The van der Waals surface area contributed by atoms with Crippen LogP contribution >= 0.6 is 0 Å². The molecule has 3 aliphatic heterocycles. The lowest BCUT2D eigenvalue weighted by Crippen LogP contribution is -2.68. The Balaban J connectivity index is 1.15. The minimum atomic E-state index is -0.804. The number of aliphatic hydroxyl groups is 2. The molecule has 12 atom stereocenters. The fourth-order valence-corrected chi connectivity index (χ4v) is 16.3. The van der Waals surface area contributed by atoms with Crippen LogP contribution in [0.1, 0.15) is 152 Å². The number of aliphatic hydroxyl groups excluding tert-OH is 2. The summed E-state index contributed by atoms with van der Waals surface area (Å²) < 4.78 is 14.1. The minimum absolute atomic E-state index is 0.0970. The zero-order chi connectivity index (χ0) is 46.2. The number of epoxide rings is 1. The van der Waals surface area contributed by atoms with Crippen LogP contribution < -0.4 is 5.32 Å². The fraction of sp³-hybridized carbons (Fsp3) is 0.691. The number of nitrogens with one attached hydrogen (secondary N) is 2. The predicted molar refractivity (Wildman–Crippen MR) is 252 cm³/mol. The van der Waals surface area contributed by atoms with Crippen LogP contribution in [0.15, 0.2) is 41.7 Å². The molecule has 12 unspecified atom stereocenters. The van der Waals surface area contributed by atoms with Gasteiger partial charge >= 0.3 is 0 Å². The van der Waals surface area contributed by atoms with E-state index < -0.39 is 51.3 Å². The number of rotatable bonds is 10. The highest BCUT2D eigenvalue weighted by Crippen LogP contribution is 2.76. The quantitative estimate of drug-likeness (QED) is 0.117. The number of nitrogens with zero attached hydrogens (tertiary/aromatic N) is 1. The van der Waals surface area contributed by atoms with Gasteiger partial charge < -0.3 is 39.3 Å². The van der Waals surface area contributed by atoms with E-state index in [0.717, 1.165) is 109 Å². The van der Waals surface area contributed by atoms with Gasteiger partial charge in [0.2, 0.25) is 0 Å². The normalized spacial score (nSPS) is 38.8. The number of aromatic amines is 1. The summed E-state index contributed by atoms with van der Waals surface area (Å²) in [6.45, 7) is 20.3. The highest BCUT2D eigenvalue weighted by atomic mass is 16.6. The van der Waals surface area contributed by atoms with Crippen LogP contribution in [0.25, 0.3) is 11.0 Å². The predicted octanol–water partition coefficient (Wildman–Crippen LogP) is 8.67. The molecule has 7 aliphatic rings. The molecule has 4 N–H and O–H groups in total. The lowest BCUT2D eigenvalue weighted by Gasteiger charge is -2.70. The second-order valence-corrected chi connectivity index (χ2v) is 23.9. The number of allylic oxidation sites excluding steroid dienone is 1. The molecule has 2 saturated heterocycles. The van der Waals surface area contributed by atoms with E-state index in [4.69, 9.17) is 9.47 Å². The monoisotopic (exact) mass is 890 g/mol. The summed E-state index contributed by atoms with van der Waals surface area (Å²) in [5, 5.41) is 29.0. The van der Waals surface area contributed by atoms with E-state index in [2.05, 4.69) is 87.0 Å². The molecule has 3 aromatic rings. The van der Waals surface area contributed by atoms with Gasteiger partial charge in [-0.05, 0) is 148 Å². The molecule has 10 nitrogen and oxygen atoms in total. The number of carbonyl (C=O) groups excluding carboxylic acids is 3. The molecule has 5 fully saturated rings. The summed E-state index contributed by atoms with van der Waals surface area (Å²) in [7, 11) is 1.95. The first-order chi connectivity index (χ1) is 30.7. The lowest BCUT2D eigenvalue weighted by atomic mass is 9.34. The summed E-state index contributed by atoms with van der Waals surface area (Å²) in [5.74, 6) is -0.137. The standard InChI is InChI=1S/C55H75N3O7/c1-31-22-34(32-13-20-64-21-14-32)24-35(23-31)38(30-59)36-28-58-29-37-43-44(51(4,25-40(61)49-50(2,3)65-49)15-10-33-27-57-45(36)46(33)58)39(60)26-55(43,8)54(7)17-11-41-52(5,18-19-56-9)42(62)12-16-53(41,6)48(54)47(37)63/h22-24,27-28,30,32,37-38,40-41,47-49,56-57,61,63H,10-21,25-26,29H2,1-9H3. The number of carbonyl (C=O) groups is 3.